The molecule has 0 unspecified atom stereocenters. The Kier molecular flexibility index (Phi) is 5.04. The van der Waals surface area contributed by atoms with Gasteiger partial charge in [-0.1, -0.05) is 20.3 Å². The van der Waals surface area contributed by atoms with Gasteiger partial charge in [0.2, 0.25) is 5.91 Å². The first-order valence-electron chi connectivity index (χ1n) is 7.44. The van der Waals surface area contributed by atoms with Crippen LogP contribution in [-0.2, 0) is 15.0 Å². The minimum Gasteiger partial charge on any atom is -0.340 e. The van der Waals surface area contributed by atoms with Gasteiger partial charge < -0.3 is 4.90 Å². The SMILES string of the molecule is CC(C)CN1CCN(S(=O)(=O)N2CCCCC2)CC1=O. The first-order valence-corrected chi connectivity index (χ1v) is 8.84. The zero-order chi connectivity index (χ0) is 14.8. The van der Waals surface area contributed by atoms with Gasteiger partial charge in [-0.05, 0) is 18.8 Å². The van der Waals surface area contributed by atoms with Crippen molar-refractivity contribution < 1.29 is 13.2 Å². The smallest absolute Gasteiger partial charge is 0.282 e. The Labute approximate surface area is 121 Å². The first kappa shape index (κ1) is 15.7. The van der Waals surface area contributed by atoms with E-state index >= 15 is 0 Å². The molecular weight excluding hydrogens is 278 g/mol. The topological polar surface area (TPSA) is 60.9 Å². The second kappa shape index (κ2) is 6.41. The van der Waals surface area contributed by atoms with Crippen LogP contribution in [0.25, 0.3) is 0 Å². The summed E-state index contributed by atoms with van der Waals surface area (Å²) < 4.78 is 27.9. The molecule has 0 spiro atoms. The van der Waals surface area contributed by atoms with Crippen LogP contribution in [0.1, 0.15) is 33.1 Å². The third kappa shape index (κ3) is 3.51. The van der Waals surface area contributed by atoms with Crippen LogP contribution in [0.4, 0.5) is 0 Å². The van der Waals surface area contributed by atoms with Crippen LogP contribution in [0.15, 0.2) is 0 Å². The third-order valence-electron chi connectivity index (χ3n) is 3.84. The number of piperazine rings is 1. The van der Waals surface area contributed by atoms with Crippen LogP contribution in [0.5, 0.6) is 0 Å². The molecule has 6 nitrogen and oxygen atoms in total. The lowest BCUT2D eigenvalue weighted by Crippen LogP contribution is -2.56. The average molecular weight is 303 g/mol. The van der Waals surface area contributed by atoms with Crippen LogP contribution >= 0.6 is 0 Å². The number of nitrogens with zero attached hydrogens (tertiary/aromatic N) is 3. The maximum atomic E-state index is 12.5. The Morgan fingerprint density at radius 1 is 1.00 bits per heavy atom. The molecule has 2 rings (SSSR count). The molecular formula is C13H25N3O3S. The second-order valence-electron chi connectivity index (χ2n) is 6.03. The number of carbonyl (C=O) groups is 1. The van der Waals surface area contributed by atoms with Crippen molar-refractivity contribution in [2.24, 2.45) is 5.92 Å². The summed E-state index contributed by atoms with van der Waals surface area (Å²) in [4.78, 5) is 13.8. The molecule has 0 atom stereocenters. The van der Waals surface area contributed by atoms with E-state index in [1.54, 1.807) is 4.90 Å². The van der Waals surface area contributed by atoms with E-state index < -0.39 is 10.2 Å². The Morgan fingerprint density at radius 2 is 1.65 bits per heavy atom. The van der Waals surface area contributed by atoms with E-state index in [4.69, 9.17) is 0 Å². The number of hydrogen-bond donors (Lipinski definition) is 0. The van der Waals surface area contributed by atoms with Crippen LogP contribution in [0.2, 0.25) is 0 Å². The number of rotatable bonds is 4. The van der Waals surface area contributed by atoms with Gasteiger partial charge in [-0.3, -0.25) is 4.79 Å². The standard InChI is InChI=1S/C13H25N3O3S/c1-12(2)10-14-8-9-16(11-13(14)17)20(18,19)15-6-4-3-5-7-15/h12H,3-11H2,1-2H3. The van der Waals surface area contributed by atoms with Gasteiger partial charge in [0.25, 0.3) is 10.2 Å². The monoisotopic (exact) mass is 303 g/mol. The van der Waals surface area contributed by atoms with E-state index in [0.29, 0.717) is 38.6 Å². The minimum atomic E-state index is -3.45. The highest BCUT2D eigenvalue weighted by Crippen LogP contribution is 2.18. The first-order chi connectivity index (χ1) is 9.41. The molecule has 2 aliphatic heterocycles. The molecule has 0 aliphatic carbocycles. The summed E-state index contributed by atoms with van der Waals surface area (Å²) in [6.07, 6.45) is 2.92. The fourth-order valence-electron chi connectivity index (χ4n) is 2.78. The fraction of sp³-hybridized carbons (Fsp3) is 0.923. The summed E-state index contributed by atoms with van der Waals surface area (Å²) >= 11 is 0. The highest BCUT2D eigenvalue weighted by molar-refractivity contribution is 7.86. The molecule has 0 bridgehead atoms. The second-order valence-corrected chi connectivity index (χ2v) is 7.96. The number of hydrogen-bond acceptors (Lipinski definition) is 3. The number of carbonyl (C=O) groups excluding carboxylic acids is 1. The van der Waals surface area contributed by atoms with E-state index in [1.807, 2.05) is 0 Å². The van der Waals surface area contributed by atoms with E-state index in [1.165, 1.54) is 8.61 Å². The Bertz CT molecular complexity index is 444. The van der Waals surface area contributed by atoms with E-state index in [2.05, 4.69) is 13.8 Å². The summed E-state index contributed by atoms with van der Waals surface area (Å²) in [6, 6.07) is 0. The Morgan fingerprint density at radius 3 is 2.20 bits per heavy atom. The Hall–Kier alpha value is -0.660. The summed E-state index contributed by atoms with van der Waals surface area (Å²) in [6.45, 7) is 6.91. The zero-order valence-electron chi connectivity index (χ0n) is 12.4. The molecule has 7 heteroatoms. The molecule has 0 aromatic heterocycles. The average Bonchev–Trinajstić information content (AvgIpc) is 2.41. The van der Waals surface area contributed by atoms with Gasteiger partial charge in [-0.25, -0.2) is 0 Å². The predicted octanol–water partition coefficient (Wildman–Crippen LogP) is 0.517. The van der Waals surface area contributed by atoms with Gasteiger partial charge in [-0.2, -0.15) is 17.0 Å². The quantitative estimate of drug-likeness (QED) is 0.760. The molecule has 1 amide bonds. The van der Waals surface area contributed by atoms with Crippen molar-refractivity contribution >= 4 is 16.1 Å². The normalized spacial score (nSPS) is 23.6. The lowest BCUT2D eigenvalue weighted by Gasteiger charge is -2.37. The van der Waals surface area contributed by atoms with Gasteiger partial charge in [-0.15, -0.1) is 0 Å². The van der Waals surface area contributed by atoms with Gasteiger partial charge in [0.05, 0.1) is 6.54 Å². The van der Waals surface area contributed by atoms with Crippen molar-refractivity contribution in [1.29, 1.82) is 0 Å². The molecule has 0 aromatic rings. The van der Waals surface area contributed by atoms with Crippen LogP contribution < -0.4 is 0 Å². The van der Waals surface area contributed by atoms with E-state index in [9.17, 15) is 13.2 Å². The summed E-state index contributed by atoms with van der Waals surface area (Å²) in [5.41, 5.74) is 0. The highest BCUT2D eigenvalue weighted by Gasteiger charge is 2.36. The largest absolute Gasteiger partial charge is 0.340 e. The molecule has 0 radical (unpaired) electrons. The fourth-order valence-corrected chi connectivity index (χ4v) is 4.41. The molecule has 2 aliphatic rings. The molecule has 2 saturated heterocycles. The van der Waals surface area contributed by atoms with Gasteiger partial charge in [0.15, 0.2) is 0 Å². The van der Waals surface area contributed by atoms with E-state index in [-0.39, 0.29) is 12.5 Å². The van der Waals surface area contributed by atoms with Gasteiger partial charge >= 0.3 is 0 Å². The summed E-state index contributed by atoms with van der Waals surface area (Å²) in [7, 11) is -3.45. The van der Waals surface area contributed by atoms with Crippen molar-refractivity contribution in [2.45, 2.75) is 33.1 Å². The maximum absolute atomic E-state index is 12.5. The van der Waals surface area contributed by atoms with Crippen molar-refractivity contribution in [2.75, 3.05) is 39.3 Å². The maximum Gasteiger partial charge on any atom is 0.282 e. The number of piperidine rings is 1. The lowest BCUT2D eigenvalue weighted by atomic mass is 10.2. The molecule has 2 heterocycles. The van der Waals surface area contributed by atoms with Crippen LogP contribution in [0, 0.1) is 5.92 Å². The van der Waals surface area contributed by atoms with Crippen LogP contribution in [-0.4, -0.2) is 67.1 Å². The molecule has 0 saturated carbocycles. The summed E-state index contributed by atoms with van der Waals surface area (Å²) in [5, 5.41) is 0. The zero-order valence-corrected chi connectivity index (χ0v) is 13.2. The summed E-state index contributed by atoms with van der Waals surface area (Å²) in [5.74, 6) is 0.328. The molecule has 0 aromatic carbocycles. The lowest BCUT2D eigenvalue weighted by molar-refractivity contribution is -0.134. The van der Waals surface area contributed by atoms with Crippen molar-refractivity contribution in [3.05, 3.63) is 0 Å². The van der Waals surface area contributed by atoms with E-state index in [0.717, 1.165) is 19.3 Å². The Balaban J connectivity index is 1.99. The van der Waals surface area contributed by atoms with Gasteiger partial charge in [0.1, 0.15) is 0 Å². The predicted molar refractivity (Wildman–Crippen MR) is 77.3 cm³/mol. The van der Waals surface area contributed by atoms with Crippen LogP contribution in [0.3, 0.4) is 0 Å². The van der Waals surface area contributed by atoms with Crippen molar-refractivity contribution in [3.63, 3.8) is 0 Å². The van der Waals surface area contributed by atoms with Crippen molar-refractivity contribution in [1.82, 2.24) is 13.5 Å². The van der Waals surface area contributed by atoms with Crippen molar-refractivity contribution in [3.8, 4) is 0 Å². The molecule has 2 fully saturated rings. The number of amides is 1. The molecule has 116 valence electrons. The minimum absolute atomic E-state index is 0.00838. The molecule has 20 heavy (non-hydrogen) atoms. The third-order valence-corrected chi connectivity index (χ3v) is 5.82. The molecule has 0 N–H and O–H groups in total. The highest BCUT2D eigenvalue weighted by atomic mass is 32.2. The van der Waals surface area contributed by atoms with Gasteiger partial charge in [0, 0.05) is 32.7 Å².